The monoisotopic (exact) mass is 1300 g/mol. The Hall–Kier alpha value is -13.3. The molecule has 454 valence electrons. The molecule has 0 radical (unpaired) electrons. The van der Waals surface area contributed by atoms with E-state index in [1.165, 1.54) is 66.1 Å². The molecule has 0 fully saturated rings. The molecule has 7 aliphatic carbocycles. The molecule has 7 aliphatic rings. The minimum atomic E-state index is -0.571. The summed E-state index contributed by atoms with van der Waals surface area (Å²) in [6.07, 6.45) is 0. The van der Waals surface area contributed by atoms with Crippen molar-refractivity contribution >= 4 is 312 Å². The van der Waals surface area contributed by atoms with Crippen molar-refractivity contribution in [2.45, 2.75) is 22.7 Å². The Kier molecular flexibility index (Phi) is 4.86. The van der Waals surface area contributed by atoms with Gasteiger partial charge in [0.05, 0.1) is 0 Å². The lowest BCUT2D eigenvalue weighted by Crippen LogP contribution is -2.63. The largest absolute Gasteiger partial charge is 0.0622 e. The van der Waals surface area contributed by atoms with Crippen LogP contribution in [0, 0.1) is 0 Å². The van der Waals surface area contributed by atoms with Crippen molar-refractivity contribution in [2.24, 2.45) is 0 Å². The molecule has 0 heteroatoms. The maximum atomic E-state index is 2.89. The Morgan fingerprint density at radius 2 is 0.274 bits per heavy atom. The topological polar surface area (TPSA) is 0 Å². The Morgan fingerprint density at radius 1 is 0.142 bits per heavy atom. The lowest BCUT2D eigenvalue weighted by atomic mass is 9.33. The van der Waals surface area contributed by atoms with Gasteiger partial charge in [0.2, 0.25) is 0 Å². The van der Waals surface area contributed by atoms with E-state index in [1.807, 2.05) is 0 Å². The first-order valence-electron chi connectivity index (χ1n) is 39.0. The van der Waals surface area contributed by atoms with Gasteiger partial charge in [0.15, 0.2) is 0 Å². The maximum absolute atomic E-state index is 2.89. The molecule has 0 saturated heterocycles. The highest BCUT2D eigenvalue weighted by molar-refractivity contribution is 6.82. The van der Waals surface area contributed by atoms with Gasteiger partial charge in [-0.3, -0.25) is 0 Å². The second kappa shape index (κ2) is 11.6. The van der Waals surface area contributed by atoms with Crippen LogP contribution >= 0.6 is 0 Å². The molecule has 0 N–H and O–H groups in total. The lowest BCUT2D eigenvalue weighted by Gasteiger charge is -2.67. The smallest absolute Gasteiger partial charge is 0.0484 e. The number of benzene rings is 26. The average molecular weight is 1300 g/mol. The van der Waals surface area contributed by atoms with Gasteiger partial charge in [-0.25, -0.2) is 0 Å². The summed E-state index contributed by atoms with van der Waals surface area (Å²) >= 11 is 0. The maximum Gasteiger partial charge on any atom is 0.0484 e. The summed E-state index contributed by atoms with van der Waals surface area (Å²) in [6, 6.07) is 67.6. The van der Waals surface area contributed by atoms with E-state index in [9.17, 15) is 0 Å². The minimum Gasteiger partial charge on any atom is -0.0622 e. The van der Waals surface area contributed by atoms with Crippen molar-refractivity contribution in [1.82, 2.24) is 0 Å². The molecule has 43 rings (SSSR count). The van der Waals surface area contributed by atoms with Crippen LogP contribution in [-0.4, -0.2) is 0 Å². The normalized spacial score (nSPS) is 20.3. The molecule has 2 spiro atoms. The highest BCUT2D eigenvalue weighted by atomic mass is 14.8. The molecule has 0 nitrogen and oxygen atoms in total. The first-order chi connectivity index (χ1) is 52.8. The summed E-state index contributed by atoms with van der Waals surface area (Å²) in [6.45, 7) is 0. The summed E-state index contributed by atoms with van der Waals surface area (Å²) in [5, 5.41) is 94.5. The zero-order valence-corrected chi connectivity index (χ0v) is 55.3. The molecule has 0 amide bonds. The van der Waals surface area contributed by atoms with Gasteiger partial charge in [-0.05, 0) is 426 Å². The van der Waals surface area contributed by atoms with Gasteiger partial charge >= 0.3 is 0 Å². The van der Waals surface area contributed by atoms with Crippen molar-refractivity contribution in [1.29, 1.82) is 0 Å². The first-order valence-corrected chi connectivity index (χ1v) is 39.0. The van der Waals surface area contributed by atoms with E-state index < -0.39 is 10.8 Å². The highest BCUT2D eigenvalue weighted by Gasteiger charge is 2.78. The van der Waals surface area contributed by atoms with Gasteiger partial charge in [0.25, 0.3) is 0 Å². The molecular formula is C106H30. The van der Waals surface area contributed by atoms with Crippen LogP contribution < -0.4 is 0 Å². The molecule has 36 aromatic carbocycles. The van der Waals surface area contributed by atoms with E-state index in [4.69, 9.17) is 0 Å². The Labute approximate surface area is 589 Å². The van der Waals surface area contributed by atoms with Crippen molar-refractivity contribution in [2.75, 3.05) is 0 Å². The molecule has 0 saturated carbocycles. The predicted octanol–water partition coefficient (Wildman–Crippen LogP) is 28.6. The Morgan fingerprint density at radius 3 is 0.415 bits per heavy atom. The first kappa shape index (κ1) is 44.3. The van der Waals surface area contributed by atoms with Crippen LogP contribution in [0.15, 0.2) is 170 Å². The summed E-state index contributed by atoms with van der Waals surface area (Å²) in [5.41, 5.74) is 22.5. The standard InChI is InChI=1S/C106H30/c1-5-13-29(14-6-1)33-21-22-34(30-15-7-2-8-16-30)38-26-42-41(25-37(33)38)99-43-27-39-35(31-17-9-3-10-18-31)23-24-36(32-19-11-4-12-20-32)40(39)28-44(43)100(42)106-103-93-85-75-65-57-49-46-45-47-51-53(49)61-67-59(51)69-63-55(47)56-48(45)52-54-50(46)58(57)66-72-62(54)68-60(52)70-64(56)74-73(63)83-77(69)87-81(67)89(79(85)71(61)65)97(103)95(87)101-91(83)92-84(74)78(70)88-82(68)90-80(72)86(76(66)75)94(93)104(106)98(90)96(88)102(92)105(99,101)106/h1-28,99-100H. The summed E-state index contributed by atoms with van der Waals surface area (Å²) < 4.78 is 0. The summed E-state index contributed by atoms with van der Waals surface area (Å²) in [7, 11) is 0. The van der Waals surface area contributed by atoms with E-state index in [1.54, 1.807) is 335 Å². The van der Waals surface area contributed by atoms with Gasteiger partial charge in [-0.1, -0.05) is 146 Å². The van der Waals surface area contributed by atoms with E-state index in [-0.39, 0.29) is 11.8 Å². The van der Waals surface area contributed by atoms with E-state index in [0.29, 0.717) is 0 Å². The van der Waals surface area contributed by atoms with Crippen molar-refractivity contribution in [3.05, 3.63) is 214 Å². The molecular weight excluding hydrogens is 1270 g/mol. The SMILES string of the molecule is c1ccc(-c2ccc(-c3ccccc3)c3cc4c(cc23)C2c3cc5c(-c6ccccc6)ccc(-c6ccccc6)c5cc3C4C34c5c6c7c8c9c%10c(c%11c%12c3c3c5c5c%13c6c6c7c7c9c9c%14c%10c%10c%11c%11c%12c%12c3c3c5c5c%13c%13c6c6c7c9c7c9c%14c%10c%10c%11c%11c%12c3c3c5c5c%13c6c7c6c9c%10c%11c3c56)C824)cc1. The third-order valence-electron chi connectivity index (χ3n) is 34.3. The molecule has 2 bridgehead atoms. The second-order valence-electron chi connectivity index (χ2n) is 36.1. The van der Waals surface area contributed by atoms with Crippen LogP contribution in [0.2, 0.25) is 0 Å². The van der Waals surface area contributed by atoms with E-state index in [0.717, 1.165) is 0 Å². The van der Waals surface area contributed by atoms with Crippen LogP contribution in [0.4, 0.5) is 0 Å². The number of fused-ring (bicyclic) bond motifs is 2. The molecule has 106 heavy (non-hydrogen) atoms. The van der Waals surface area contributed by atoms with Crippen LogP contribution in [0.5, 0.6) is 0 Å². The summed E-state index contributed by atoms with van der Waals surface area (Å²) in [4.78, 5) is 0. The van der Waals surface area contributed by atoms with Crippen LogP contribution in [0.1, 0.15) is 56.3 Å². The zero-order chi connectivity index (χ0) is 64.7. The number of hydrogen-bond donors (Lipinski definition) is 0. The van der Waals surface area contributed by atoms with Crippen LogP contribution in [0.25, 0.3) is 357 Å². The van der Waals surface area contributed by atoms with Gasteiger partial charge < -0.3 is 0 Å². The second-order valence-corrected chi connectivity index (χ2v) is 36.1. The van der Waals surface area contributed by atoms with Gasteiger partial charge in [-0.15, -0.1) is 0 Å². The van der Waals surface area contributed by atoms with E-state index >= 15 is 0 Å². The molecule has 0 unspecified atom stereocenters. The average Bonchev–Trinajstić information content (AvgIpc) is 1.39. The Balaban J connectivity index is 0.856. The van der Waals surface area contributed by atoms with E-state index in [2.05, 4.69) is 170 Å². The Bertz CT molecular complexity index is 9420. The zero-order valence-electron chi connectivity index (χ0n) is 55.3. The molecule has 0 aromatic heterocycles. The molecule has 0 heterocycles. The van der Waals surface area contributed by atoms with Crippen LogP contribution in [0.3, 0.4) is 0 Å². The van der Waals surface area contributed by atoms with Gasteiger partial charge in [-0.2, -0.15) is 0 Å². The van der Waals surface area contributed by atoms with Crippen molar-refractivity contribution in [3.63, 3.8) is 0 Å². The number of rotatable bonds is 4. The minimum absolute atomic E-state index is 0.0833. The summed E-state index contributed by atoms with van der Waals surface area (Å²) in [5.74, 6) is -0.167. The quantitative estimate of drug-likeness (QED) is 0.154. The molecule has 0 aliphatic heterocycles. The van der Waals surface area contributed by atoms with Crippen LogP contribution in [-0.2, 0) is 10.8 Å². The molecule has 0 atom stereocenters. The fourth-order valence-electron chi connectivity index (χ4n) is 33.0. The van der Waals surface area contributed by atoms with Gasteiger partial charge in [0.1, 0.15) is 0 Å². The van der Waals surface area contributed by atoms with Crippen molar-refractivity contribution in [3.8, 4) is 44.5 Å². The lowest BCUT2D eigenvalue weighted by molar-refractivity contribution is 0.219. The third-order valence-corrected chi connectivity index (χ3v) is 34.3. The molecule has 36 aromatic rings. The highest BCUT2D eigenvalue weighted by Crippen LogP contribution is 2.90. The predicted molar refractivity (Wildman–Crippen MR) is 447 cm³/mol. The fourth-order valence-corrected chi connectivity index (χ4v) is 33.0. The third kappa shape index (κ3) is 3.00. The van der Waals surface area contributed by atoms with Crippen molar-refractivity contribution < 1.29 is 0 Å². The fraction of sp³-hybridized carbons (Fsp3) is 0.0377. The number of hydrogen-bond acceptors (Lipinski definition) is 0. The van der Waals surface area contributed by atoms with Gasteiger partial charge in [0, 0.05) is 22.7 Å².